The number of hydrogen-bond donors (Lipinski definition) is 0. The Morgan fingerprint density at radius 2 is 1.80 bits per heavy atom. The van der Waals surface area contributed by atoms with E-state index in [9.17, 15) is 4.79 Å². The number of carbonyl (C=O) groups is 1. The minimum atomic E-state index is -0.540. The van der Waals surface area contributed by atoms with Crippen LogP contribution in [0.3, 0.4) is 0 Å². The first-order valence-corrected chi connectivity index (χ1v) is 7.39. The molecule has 7 nitrogen and oxygen atoms in total. The molecule has 126 valence electrons. The van der Waals surface area contributed by atoms with E-state index < -0.39 is 5.97 Å². The minimum Gasteiger partial charge on any atom is -0.493 e. The van der Waals surface area contributed by atoms with Gasteiger partial charge < -0.3 is 14.2 Å². The average molecular weight is 337 g/mol. The van der Waals surface area contributed by atoms with Crippen LogP contribution in [0.5, 0.6) is 17.4 Å². The van der Waals surface area contributed by atoms with Crippen molar-refractivity contribution in [3.8, 4) is 28.6 Å². The number of pyridine rings is 1. The lowest BCUT2D eigenvalue weighted by Gasteiger charge is -2.09. The van der Waals surface area contributed by atoms with Crippen LogP contribution in [0.25, 0.3) is 11.3 Å². The SMILES string of the molecule is COc1ccc(-c2ccc(OC(=O)c3cccnc3)nn2)cc1OC. The average Bonchev–Trinajstić information content (AvgIpc) is 2.68. The lowest BCUT2D eigenvalue weighted by molar-refractivity contribution is 0.0725. The molecule has 0 radical (unpaired) electrons. The van der Waals surface area contributed by atoms with Crippen LogP contribution in [0.15, 0.2) is 54.9 Å². The third-order valence-electron chi connectivity index (χ3n) is 3.41. The molecule has 2 aromatic heterocycles. The molecule has 25 heavy (non-hydrogen) atoms. The zero-order valence-electron chi connectivity index (χ0n) is 13.7. The van der Waals surface area contributed by atoms with E-state index in [-0.39, 0.29) is 5.88 Å². The van der Waals surface area contributed by atoms with Crippen LogP contribution < -0.4 is 14.2 Å². The second-order valence-electron chi connectivity index (χ2n) is 4.96. The Morgan fingerprint density at radius 3 is 2.44 bits per heavy atom. The number of carbonyl (C=O) groups excluding carboxylic acids is 1. The van der Waals surface area contributed by atoms with E-state index in [2.05, 4.69) is 15.2 Å². The lowest BCUT2D eigenvalue weighted by atomic mass is 10.1. The third-order valence-corrected chi connectivity index (χ3v) is 3.41. The fraction of sp³-hybridized carbons (Fsp3) is 0.111. The van der Waals surface area contributed by atoms with Crippen LogP contribution in [0.4, 0.5) is 0 Å². The topological polar surface area (TPSA) is 83.4 Å². The molecular formula is C18H15N3O4. The van der Waals surface area contributed by atoms with Gasteiger partial charge in [0.1, 0.15) is 0 Å². The smallest absolute Gasteiger partial charge is 0.346 e. The van der Waals surface area contributed by atoms with Crippen molar-refractivity contribution in [1.29, 1.82) is 0 Å². The standard InChI is InChI=1S/C18H15N3O4/c1-23-15-7-5-12(10-16(15)24-2)14-6-8-17(21-20-14)25-18(22)13-4-3-9-19-11-13/h3-11H,1-2H3. The number of ether oxygens (including phenoxy) is 3. The summed E-state index contributed by atoms with van der Waals surface area (Å²) in [6.07, 6.45) is 3.00. The summed E-state index contributed by atoms with van der Waals surface area (Å²) in [6.45, 7) is 0. The lowest BCUT2D eigenvalue weighted by Crippen LogP contribution is -2.10. The fourth-order valence-corrected chi connectivity index (χ4v) is 2.16. The highest BCUT2D eigenvalue weighted by molar-refractivity contribution is 5.90. The maximum Gasteiger partial charge on any atom is 0.346 e. The van der Waals surface area contributed by atoms with Gasteiger partial charge in [0, 0.05) is 24.0 Å². The summed E-state index contributed by atoms with van der Waals surface area (Å²) in [6, 6.07) is 12.0. The van der Waals surface area contributed by atoms with Crippen LogP contribution >= 0.6 is 0 Å². The minimum absolute atomic E-state index is 0.109. The molecule has 0 saturated heterocycles. The van der Waals surface area contributed by atoms with E-state index in [4.69, 9.17) is 14.2 Å². The van der Waals surface area contributed by atoms with E-state index in [0.29, 0.717) is 22.8 Å². The van der Waals surface area contributed by atoms with Crippen molar-refractivity contribution in [2.75, 3.05) is 14.2 Å². The van der Waals surface area contributed by atoms with Gasteiger partial charge >= 0.3 is 5.97 Å². The number of benzene rings is 1. The molecule has 2 heterocycles. The molecule has 0 spiro atoms. The highest BCUT2D eigenvalue weighted by Gasteiger charge is 2.11. The highest BCUT2D eigenvalue weighted by Crippen LogP contribution is 2.31. The van der Waals surface area contributed by atoms with Crippen LogP contribution in [-0.4, -0.2) is 35.4 Å². The van der Waals surface area contributed by atoms with Gasteiger partial charge in [-0.25, -0.2) is 4.79 Å². The maximum absolute atomic E-state index is 12.0. The number of rotatable bonds is 5. The van der Waals surface area contributed by atoms with E-state index >= 15 is 0 Å². The summed E-state index contributed by atoms with van der Waals surface area (Å²) < 4.78 is 15.7. The molecule has 0 amide bonds. The quantitative estimate of drug-likeness (QED) is 0.662. The van der Waals surface area contributed by atoms with Crippen molar-refractivity contribution < 1.29 is 19.0 Å². The van der Waals surface area contributed by atoms with Crippen LogP contribution in [0, 0.1) is 0 Å². The third kappa shape index (κ3) is 3.72. The van der Waals surface area contributed by atoms with Gasteiger partial charge in [0.15, 0.2) is 11.5 Å². The Morgan fingerprint density at radius 1 is 0.960 bits per heavy atom. The molecule has 0 atom stereocenters. The summed E-state index contributed by atoms with van der Waals surface area (Å²) >= 11 is 0. The van der Waals surface area contributed by atoms with Crippen molar-refractivity contribution >= 4 is 5.97 Å². The second-order valence-corrected chi connectivity index (χ2v) is 4.96. The molecular weight excluding hydrogens is 322 g/mol. The van der Waals surface area contributed by atoms with E-state index in [0.717, 1.165) is 5.56 Å². The van der Waals surface area contributed by atoms with Crippen molar-refractivity contribution in [2.45, 2.75) is 0 Å². The summed E-state index contributed by atoms with van der Waals surface area (Å²) in [5, 5.41) is 8.02. The zero-order valence-corrected chi connectivity index (χ0v) is 13.7. The van der Waals surface area contributed by atoms with E-state index in [1.807, 2.05) is 6.07 Å². The van der Waals surface area contributed by atoms with Gasteiger partial charge in [0.25, 0.3) is 0 Å². The van der Waals surface area contributed by atoms with Crippen molar-refractivity contribution in [2.24, 2.45) is 0 Å². The molecule has 0 aliphatic rings. The molecule has 0 fully saturated rings. The Bertz CT molecular complexity index is 867. The molecule has 0 saturated carbocycles. The molecule has 0 bridgehead atoms. The Hall–Kier alpha value is -3.48. The summed E-state index contributed by atoms with van der Waals surface area (Å²) in [5.74, 6) is 0.787. The van der Waals surface area contributed by atoms with Crippen molar-refractivity contribution in [3.63, 3.8) is 0 Å². The zero-order chi connectivity index (χ0) is 17.6. The highest BCUT2D eigenvalue weighted by atomic mass is 16.5. The van der Waals surface area contributed by atoms with Gasteiger partial charge in [-0.1, -0.05) is 0 Å². The van der Waals surface area contributed by atoms with Gasteiger partial charge in [-0.15, -0.1) is 10.2 Å². The summed E-state index contributed by atoms with van der Waals surface area (Å²) in [7, 11) is 3.14. The largest absolute Gasteiger partial charge is 0.493 e. The van der Waals surface area contributed by atoms with E-state index in [1.165, 1.54) is 6.20 Å². The van der Waals surface area contributed by atoms with Gasteiger partial charge in [0.05, 0.1) is 25.5 Å². The van der Waals surface area contributed by atoms with Crippen LogP contribution in [0.1, 0.15) is 10.4 Å². The molecule has 0 aliphatic carbocycles. The second kappa shape index (κ2) is 7.39. The Balaban J connectivity index is 1.77. The Labute approximate surface area is 144 Å². The first kappa shape index (κ1) is 16.4. The van der Waals surface area contributed by atoms with Gasteiger partial charge in [-0.3, -0.25) is 4.98 Å². The van der Waals surface area contributed by atoms with Crippen LogP contribution in [-0.2, 0) is 0 Å². The van der Waals surface area contributed by atoms with Gasteiger partial charge in [0.2, 0.25) is 5.88 Å². The van der Waals surface area contributed by atoms with Gasteiger partial charge in [-0.05, 0) is 36.4 Å². The number of esters is 1. The first-order valence-electron chi connectivity index (χ1n) is 7.39. The number of methoxy groups -OCH3 is 2. The molecule has 3 aromatic rings. The first-order chi connectivity index (χ1) is 12.2. The number of nitrogens with zero attached hydrogens (tertiary/aromatic N) is 3. The van der Waals surface area contributed by atoms with Gasteiger partial charge in [-0.2, -0.15) is 0 Å². The molecule has 3 rings (SSSR count). The summed E-state index contributed by atoms with van der Waals surface area (Å²) in [5.41, 5.74) is 1.76. The maximum atomic E-state index is 12.0. The fourth-order valence-electron chi connectivity index (χ4n) is 2.16. The molecule has 0 aliphatic heterocycles. The van der Waals surface area contributed by atoms with E-state index in [1.54, 1.807) is 56.8 Å². The normalized spacial score (nSPS) is 10.2. The van der Waals surface area contributed by atoms with Crippen molar-refractivity contribution in [3.05, 3.63) is 60.4 Å². The number of aromatic nitrogens is 3. The summed E-state index contributed by atoms with van der Waals surface area (Å²) in [4.78, 5) is 15.8. The molecule has 7 heteroatoms. The number of hydrogen-bond acceptors (Lipinski definition) is 7. The molecule has 0 unspecified atom stereocenters. The monoisotopic (exact) mass is 337 g/mol. The predicted molar refractivity (Wildman–Crippen MR) is 89.8 cm³/mol. The van der Waals surface area contributed by atoms with Crippen LogP contribution in [0.2, 0.25) is 0 Å². The predicted octanol–water partition coefficient (Wildman–Crippen LogP) is 2.78. The van der Waals surface area contributed by atoms with Crippen molar-refractivity contribution in [1.82, 2.24) is 15.2 Å². The molecule has 1 aromatic carbocycles. The molecule has 0 N–H and O–H groups in total. The Kier molecular flexibility index (Phi) is 4.84.